The second-order valence-corrected chi connectivity index (χ2v) is 10.7. The van der Waals surface area contributed by atoms with Crippen LogP contribution < -0.4 is 10.6 Å². The summed E-state index contributed by atoms with van der Waals surface area (Å²) in [5.41, 5.74) is 1.22. The van der Waals surface area contributed by atoms with Crippen LogP contribution in [0.15, 0.2) is 54.6 Å². The van der Waals surface area contributed by atoms with Gasteiger partial charge in [0.05, 0.1) is 19.2 Å². The number of carbonyl (C=O) groups excluding carboxylic acids is 3. The molecule has 0 spiro atoms. The lowest BCUT2D eigenvalue weighted by molar-refractivity contribution is -0.135. The van der Waals surface area contributed by atoms with E-state index in [1.165, 1.54) is 4.90 Å². The van der Waals surface area contributed by atoms with Gasteiger partial charge in [0, 0.05) is 34.2 Å². The first-order valence-corrected chi connectivity index (χ1v) is 12.9. The Morgan fingerprint density at radius 3 is 2.19 bits per heavy atom. The standard InChI is InChI=1S/C29H31FN4O3/c30-22-16-24(17-31)34(19-22)25(35)18-32-29-13-10-28(11-14-29,12-15-29)27(37)33-23-8-6-21(7-9-23)26(36)20-4-2-1-3-5-20/h1-9,22,24,32H,10-16,18-19H2,(H,33,37)/t22-,24-,28?,29?/m0/s1. The number of carbonyl (C=O) groups is 3. The molecule has 7 nitrogen and oxygen atoms in total. The van der Waals surface area contributed by atoms with Gasteiger partial charge in [0.2, 0.25) is 11.8 Å². The highest BCUT2D eigenvalue weighted by molar-refractivity contribution is 6.09. The second-order valence-electron chi connectivity index (χ2n) is 10.7. The van der Waals surface area contributed by atoms with E-state index in [4.69, 9.17) is 0 Å². The quantitative estimate of drug-likeness (QED) is 0.557. The maximum atomic E-state index is 13.7. The molecular weight excluding hydrogens is 471 g/mol. The lowest BCUT2D eigenvalue weighted by Crippen LogP contribution is -2.59. The Balaban J connectivity index is 1.15. The van der Waals surface area contributed by atoms with Crippen LogP contribution in [-0.4, -0.2) is 53.3 Å². The largest absolute Gasteiger partial charge is 0.326 e. The number of alkyl halides is 1. The highest BCUT2D eigenvalue weighted by Gasteiger charge is 2.52. The Labute approximate surface area is 216 Å². The zero-order chi connectivity index (χ0) is 26.0. The first-order valence-electron chi connectivity index (χ1n) is 12.9. The Hall–Kier alpha value is -3.57. The van der Waals surface area contributed by atoms with Gasteiger partial charge in [-0.2, -0.15) is 5.26 Å². The van der Waals surface area contributed by atoms with Crippen LogP contribution in [0.1, 0.15) is 60.9 Å². The second kappa shape index (κ2) is 10.1. The number of hydrogen-bond donors (Lipinski definition) is 2. The van der Waals surface area contributed by atoms with Crippen molar-refractivity contribution in [3.8, 4) is 6.07 Å². The van der Waals surface area contributed by atoms with Crippen LogP contribution in [0.4, 0.5) is 10.1 Å². The molecule has 1 aliphatic heterocycles. The van der Waals surface area contributed by atoms with Crippen LogP contribution in [0.3, 0.4) is 0 Å². The molecule has 2 amide bonds. The zero-order valence-electron chi connectivity index (χ0n) is 20.7. The summed E-state index contributed by atoms with van der Waals surface area (Å²) in [5.74, 6) is -0.298. The molecule has 1 saturated heterocycles. The maximum absolute atomic E-state index is 13.7. The van der Waals surface area contributed by atoms with Gasteiger partial charge in [0.15, 0.2) is 5.78 Å². The van der Waals surface area contributed by atoms with E-state index in [-0.39, 0.29) is 42.6 Å². The van der Waals surface area contributed by atoms with Crippen molar-refractivity contribution < 1.29 is 18.8 Å². The number of nitrogens with zero attached hydrogens (tertiary/aromatic N) is 2. The molecule has 3 saturated carbocycles. The number of nitriles is 1. The van der Waals surface area contributed by atoms with Crippen molar-refractivity contribution >= 4 is 23.3 Å². The van der Waals surface area contributed by atoms with E-state index < -0.39 is 17.6 Å². The monoisotopic (exact) mass is 502 g/mol. The lowest BCUT2D eigenvalue weighted by atomic mass is 9.57. The minimum absolute atomic E-state index is 0.00179. The summed E-state index contributed by atoms with van der Waals surface area (Å²) in [5, 5.41) is 15.7. The average Bonchev–Trinajstić information content (AvgIpc) is 3.34. The summed E-state index contributed by atoms with van der Waals surface area (Å²) < 4.78 is 13.7. The van der Waals surface area contributed by atoms with E-state index in [1.807, 2.05) is 24.3 Å². The molecule has 6 rings (SSSR count). The molecule has 2 atom stereocenters. The van der Waals surface area contributed by atoms with Crippen molar-refractivity contribution in [1.29, 1.82) is 5.26 Å². The Bertz CT molecular complexity index is 1200. The van der Waals surface area contributed by atoms with Crippen molar-refractivity contribution in [2.45, 2.75) is 62.7 Å². The molecule has 8 heteroatoms. The number of rotatable bonds is 7. The average molecular weight is 503 g/mol. The Kier molecular flexibility index (Phi) is 6.82. The Morgan fingerprint density at radius 2 is 1.57 bits per heavy atom. The molecule has 1 heterocycles. The zero-order valence-corrected chi connectivity index (χ0v) is 20.7. The highest BCUT2D eigenvalue weighted by atomic mass is 19.1. The van der Waals surface area contributed by atoms with E-state index in [0.29, 0.717) is 16.8 Å². The first kappa shape index (κ1) is 25.1. The van der Waals surface area contributed by atoms with E-state index in [2.05, 4.69) is 10.6 Å². The number of ketones is 1. The van der Waals surface area contributed by atoms with Gasteiger partial charge < -0.3 is 15.5 Å². The number of nitrogens with one attached hydrogen (secondary N) is 2. The van der Waals surface area contributed by atoms with E-state index in [1.54, 1.807) is 36.4 Å². The fourth-order valence-corrected chi connectivity index (χ4v) is 6.06. The molecule has 0 radical (unpaired) electrons. The summed E-state index contributed by atoms with van der Waals surface area (Å²) in [4.78, 5) is 39.9. The molecule has 4 fully saturated rings. The summed E-state index contributed by atoms with van der Waals surface area (Å²) in [6, 6.07) is 17.4. The molecule has 2 aromatic rings. The molecule has 0 unspecified atom stereocenters. The molecule has 0 aromatic heterocycles. The summed E-state index contributed by atoms with van der Waals surface area (Å²) in [6.07, 6.45) is 3.46. The molecule has 2 aromatic carbocycles. The van der Waals surface area contributed by atoms with Crippen LogP contribution in [0, 0.1) is 16.7 Å². The fourth-order valence-electron chi connectivity index (χ4n) is 6.06. The van der Waals surface area contributed by atoms with Crippen molar-refractivity contribution in [2.75, 3.05) is 18.4 Å². The number of anilines is 1. The Morgan fingerprint density at radius 1 is 0.946 bits per heavy atom. The van der Waals surface area contributed by atoms with Gasteiger partial charge in [-0.1, -0.05) is 30.3 Å². The normalized spacial score (nSPS) is 28.5. The minimum Gasteiger partial charge on any atom is -0.326 e. The summed E-state index contributed by atoms with van der Waals surface area (Å²) >= 11 is 0. The van der Waals surface area contributed by atoms with Gasteiger partial charge in [-0.15, -0.1) is 0 Å². The van der Waals surface area contributed by atoms with Crippen molar-refractivity contribution in [3.63, 3.8) is 0 Å². The van der Waals surface area contributed by atoms with Gasteiger partial charge in [-0.05, 0) is 62.8 Å². The van der Waals surface area contributed by atoms with Crippen LogP contribution in [0.25, 0.3) is 0 Å². The van der Waals surface area contributed by atoms with Crippen LogP contribution in [0.2, 0.25) is 0 Å². The number of hydrogen-bond acceptors (Lipinski definition) is 5. The molecule has 192 valence electrons. The number of halogens is 1. The third kappa shape index (κ3) is 5.01. The first-order chi connectivity index (χ1) is 17.8. The van der Waals surface area contributed by atoms with Gasteiger partial charge in [-0.3, -0.25) is 14.4 Å². The number of benzene rings is 2. The topological polar surface area (TPSA) is 102 Å². The van der Waals surface area contributed by atoms with E-state index >= 15 is 0 Å². The van der Waals surface area contributed by atoms with Gasteiger partial charge in [-0.25, -0.2) is 4.39 Å². The third-order valence-electron chi connectivity index (χ3n) is 8.50. The molecule has 2 N–H and O–H groups in total. The molecule has 37 heavy (non-hydrogen) atoms. The van der Waals surface area contributed by atoms with Crippen LogP contribution in [0.5, 0.6) is 0 Å². The molecule has 2 bridgehead atoms. The summed E-state index contributed by atoms with van der Waals surface area (Å²) in [6.45, 7) is 0.0641. The van der Waals surface area contributed by atoms with Crippen molar-refractivity contribution in [3.05, 3.63) is 65.7 Å². The number of amides is 2. The molecular formula is C29H31FN4O3. The maximum Gasteiger partial charge on any atom is 0.237 e. The van der Waals surface area contributed by atoms with E-state index in [9.17, 15) is 24.0 Å². The third-order valence-corrected chi connectivity index (χ3v) is 8.50. The molecule has 4 aliphatic rings. The predicted octanol–water partition coefficient (Wildman–Crippen LogP) is 4.00. The summed E-state index contributed by atoms with van der Waals surface area (Å²) in [7, 11) is 0. The van der Waals surface area contributed by atoms with Gasteiger partial charge in [0.1, 0.15) is 12.2 Å². The van der Waals surface area contributed by atoms with Gasteiger partial charge in [0.25, 0.3) is 0 Å². The predicted molar refractivity (Wildman–Crippen MR) is 136 cm³/mol. The van der Waals surface area contributed by atoms with Crippen molar-refractivity contribution in [1.82, 2.24) is 10.2 Å². The lowest BCUT2D eigenvalue weighted by Gasteiger charge is -2.52. The number of likely N-dealkylation sites (tertiary alicyclic amines) is 1. The van der Waals surface area contributed by atoms with Crippen LogP contribution in [-0.2, 0) is 9.59 Å². The fraction of sp³-hybridized carbons (Fsp3) is 0.448. The van der Waals surface area contributed by atoms with Crippen LogP contribution >= 0.6 is 0 Å². The minimum atomic E-state index is -1.14. The highest BCUT2D eigenvalue weighted by Crippen LogP contribution is 2.52. The molecule has 3 aliphatic carbocycles. The number of fused-ring (bicyclic) bond motifs is 3. The van der Waals surface area contributed by atoms with Gasteiger partial charge >= 0.3 is 0 Å². The van der Waals surface area contributed by atoms with Crippen molar-refractivity contribution in [2.24, 2.45) is 5.41 Å². The SMILES string of the molecule is N#C[C@@H]1C[C@H](F)CN1C(=O)CNC12CCC(C(=O)Nc3ccc(C(=O)c4ccccc4)cc3)(CC1)CC2. The smallest absolute Gasteiger partial charge is 0.237 e. The van der Waals surface area contributed by atoms with E-state index in [0.717, 1.165) is 38.5 Å².